The Hall–Kier alpha value is -2.36. The molecular weight excluding hydrogens is 452 g/mol. The Morgan fingerprint density at radius 3 is 1.44 bits per heavy atom. The van der Waals surface area contributed by atoms with Gasteiger partial charge in [0.15, 0.2) is 0 Å². The van der Waals surface area contributed by atoms with Crippen molar-refractivity contribution in [3.63, 3.8) is 0 Å². The van der Waals surface area contributed by atoms with E-state index in [9.17, 15) is 16.8 Å². The second-order valence-corrected chi connectivity index (χ2v) is 9.84. The van der Waals surface area contributed by atoms with Gasteiger partial charge in [-0.1, -0.05) is 34.1 Å². The molecule has 0 saturated heterocycles. The molecule has 0 aliphatic heterocycles. The molecule has 3 rings (SSSR count). The van der Waals surface area contributed by atoms with Crippen LogP contribution in [0, 0.1) is 0 Å². The monoisotopic (exact) mass is 466 g/mol. The minimum absolute atomic E-state index is 0.0214. The quantitative estimate of drug-likeness (QED) is 0.572. The van der Waals surface area contributed by atoms with Crippen molar-refractivity contribution in [1.29, 1.82) is 0 Å². The molecule has 0 aromatic heterocycles. The molecule has 6 nitrogen and oxygen atoms in total. The topological polar surface area (TPSA) is 92.3 Å². The Kier molecular flexibility index (Phi) is 5.54. The van der Waals surface area contributed by atoms with Crippen molar-refractivity contribution in [1.82, 2.24) is 0 Å². The van der Waals surface area contributed by atoms with Crippen LogP contribution in [0.5, 0.6) is 0 Å². The number of hydrogen-bond acceptors (Lipinski definition) is 4. The number of halogens is 1. The van der Waals surface area contributed by atoms with Crippen LogP contribution in [0.25, 0.3) is 0 Å². The van der Waals surface area contributed by atoms with Crippen LogP contribution >= 0.6 is 15.9 Å². The first-order chi connectivity index (χ1) is 12.8. The van der Waals surface area contributed by atoms with Gasteiger partial charge < -0.3 is 0 Å². The second-order valence-electron chi connectivity index (χ2n) is 5.56. The largest absolute Gasteiger partial charge is 0.280 e. The van der Waals surface area contributed by atoms with Crippen LogP contribution < -0.4 is 9.44 Å². The Balaban J connectivity index is 1.77. The highest BCUT2D eigenvalue weighted by Gasteiger charge is 2.16. The highest BCUT2D eigenvalue weighted by molar-refractivity contribution is 9.10. The minimum Gasteiger partial charge on any atom is -0.280 e. The molecule has 2 N–H and O–H groups in total. The fraction of sp³-hybridized carbons (Fsp3) is 0. The van der Waals surface area contributed by atoms with Gasteiger partial charge in [-0.15, -0.1) is 0 Å². The average Bonchev–Trinajstić information content (AvgIpc) is 2.64. The molecule has 0 atom stereocenters. The lowest BCUT2D eigenvalue weighted by Crippen LogP contribution is -2.14. The molecule has 0 saturated carbocycles. The molecule has 0 unspecified atom stereocenters. The normalized spacial score (nSPS) is 11.7. The summed E-state index contributed by atoms with van der Waals surface area (Å²) in [4.78, 5) is 0.145. The number of hydrogen-bond donors (Lipinski definition) is 2. The third-order valence-electron chi connectivity index (χ3n) is 3.57. The zero-order valence-corrected chi connectivity index (χ0v) is 17.1. The molecular formula is C18H15BrN2O4S2. The van der Waals surface area contributed by atoms with E-state index >= 15 is 0 Å². The average molecular weight is 467 g/mol. The summed E-state index contributed by atoms with van der Waals surface area (Å²) in [7, 11) is -7.52. The molecule has 0 heterocycles. The van der Waals surface area contributed by atoms with E-state index < -0.39 is 20.0 Å². The first-order valence-corrected chi connectivity index (χ1v) is 11.5. The maximum atomic E-state index is 12.4. The van der Waals surface area contributed by atoms with E-state index in [1.54, 1.807) is 42.5 Å². The van der Waals surface area contributed by atoms with E-state index in [0.717, 1.165) is 4.47 Å². The lowest BCUT2D eigenvalue weighted by Gasteiger charge is -2.10. The molecule has 3 aromatic carbocycles. The maximum Gasteiger partial charge on any atom is 0.261 e. The van der Waals surface area contributed by atoms with Gasteiger partial charge in [-0.05, 0) is 60.7 Å². The van der Waals surface area contributed by atoms with Crippen molar-refractivity contribution in [3.05, 3.63) is 83.3 Å². The minimum atomic E-state index is -3.78. The third kappa shape index (κ3) is 4.88. The standard InChI is InChI=1S/C18H15BrN2O4S2/c19-14-6-8-15(9-7-14)20-27(24,25)18-12-10-16(11-13-18)21-26(22,23)17-4-2-1-3-5-17/h1-13,20-21H. The molecule has 0 radical (unpaired) electrons. The molecule has 27 heavy (non-hydrogen) atoms. The maximum absolute atomic E-state index is 12.4. The van der Waals surface area contributed by atoms with Gasteiger partial charge in [0.05, 0.1) is 9.79 Å². The number of anilines is 2. The zero-order valence-electron chi connectivity index (χ0n) is 13.8. The van der Waals surface area contributed by atoms with E-state index in [4.69, 9.17) is 0 Å². The van der Waals surface area contributed by atoms with Crippen LogP contribution in [0.4, 0.5) is 11.4 Å². The number of sulfonamides is 2. The van der Waals surface area contributed by atoms with Gasteiger partial charge in [0.1, 0.15) is 0 Å². The van der Waals surface area contributed by atoms with Gasteiger partial charge in [0.25, 0.3) is 20.0 Å². The SMILES string of the molecule is O=S(=O)(Nc1ccc(S(=O)(=O)Nc2ccc(Br)cc2)cc1)c1ccccc1. The van der Waals surface area contributed by atoms with Crippen molar-refractivity contribution in [3.8, 4) is 0 Å². The molecule has 9 heteroatoms. The van der Waals surface area contributed by atoms with Crippen LogP contribution in [-0.2, 0) is 20.0 Å². The van der Waals surface area contributed by atoms with Crippen LogP contribution in [0.2, 0.25) is 0 Å². The van der Waals surface area contributed by atoms with Crippen LogP contribution in [-0.4, -0.2) is 16.8 Å². The molecule has 0 aliphatic rings. The van der Waals surface area contributed by atoms with Gasteiger partial charge in [-0.3, -0.25) is 9.44 Å². The Bertz CT molecular complexity index is 1130. The summed E-state index contributed by atoms with van der Waals surface area (Å²) in [5, 5.41) is 0. The predicted molar refractivity (Wildman–Crippen MR) is 109 cm³/mol. The molecule has 0 bridgehead atoms. The Morgan fingerprint density at radius 1 is 0.556 bits per heavy atom. The van der Waals surface area contributed by atoms with Gasteiger partial charge in [0.2, 0.25) is 0 Å². The summed E-state index contributed by atoms with van der Waals surface area (Å²) in [6.07, 6.45) is 0. The van der Waals surface area contributed by atoms with Crippen LogP contribution in [0.3, 0.4) is 0 Å². The van der Waals surface area contributed by atoms with Gasteiger partial charge in [0, 0.05) is 15.8 Å². The summed E-state index contributed by atoms with van der Waals surface area (Å²) in [6, 6.07) is 20.1. The predicted octanol–water partition coefficient (Wildman–Crippen LogP) is 4.05. The van der Waals surface area contributed by atoms with E-state index in [0.29, 0.717) is 5.69 Å². The summed E-state index contributed by atoms with van der Waals surface area (Å²) < 4.78 is 55.2. The summed E-state index contributed by atoms with van der Waals surface area (Å²) in [5.41, 5.74) is 0.688. The number of rotatable bonds is 6. The van der Waals surface area contributed by atoms with E-state index in [1.807, 2.05) is 0 Å². The lowest BCUT2D eigenvalue weighted by atomic mass is 10.3. The van der Waals surface area contributed by atoms with E-state index in [1.165, 1.54) is 36.4 Å². The fourth-order valence-corrected chi connectivity index (χ4v) is 4.65. The first kappa shape index (κ1) is 19.4. The highest BCUT2D eigenvalue weighted by atomic mass is 79.9. The van der Waals surface area contributed by atoms with Crippen molar-refractivity contribution in [2.24, 2.45) is 0 Å². The van der Waals surface area contributed by atoms with Crippen molar-refractivity contribution in [2.45, 2.75) is 9.79 Å². The van der Waals surface area contributed by atoms with Gasteiger partial charge in [-0.2, -0.15) is 0 Å². The van der Waals surface area contributed by atoms with Crippen molar-refractivity contribution < 1.29 is 16.8 Å². The molecule has 0 spiro atoms. The first-order valence-electron chi connectivity index (χ1n) is 7.73. The third-order valence-corrected chi connectivity index (χ3v) is 6.89. The van der Waals surface area contributed by atoms with Crippen molar-refractivity contribution >= 4 is 47.4 Å². The number of benzene rings is 3. The fourth-order valence-electron chi connectivity index (χ4n) is 2.25. The van der Waals surface area contributed by atoms with Gasteiger partial charge in [-0.25, -0.2) is 16.8 Å². The molecule has 3 aromatic rings. The van der Waals surface area contributed by atoms with Crippen LogP contribution in [0.15, 0.2) is 93.1 Å². The van der Waals surface area contributed by atoms with E-state index in [-0.39, 0.29) is 15.5 Å². The summed E-state index contributed by atoms with van der Waals surface area (Å²) in [6.45, 7) is 0. The van der Waals surface area contributed by atoms with E-state index in [2.05, 4.69) is 25.4 Å². The van der Waals surface area contributed by atoms with Crippen molar-refractivity contribution in [2.75, 3.05) is 9.44 Å². The summed E-state index contributed by atoms with van der Waals surface area (Å²) in [5.74, 6) is 0. The Morgan fingerprint density at radius 2 is 0.963 bits per heavy atom. The number of nitrogens with one attached hydrogen (secondary N) is 2. The summed E-state index contributed by atoms with van der Waals surface area (Å²) >= 11 is 3.29. The molecule has 0 aliphatic carbocycles. The second kappa shape index (κ2) is 7.71. The van der Waals surface area contributed by atoms with Gasteiger partial charge >= 0.3 is 0 Å². The lowest BCUT2D eigenvalue weighted by molar-refractivity contribution is 0.600. The molecule has 0 fully saturated rings. The Labute approximate surface area is 166 Å². The van der Waals surface area contributed by atoms with Crippen LogP contribution in [0.1, 0.15) is 0 Å². The molecule has 140 valence electrons. The smallest absolute Gasteiger partial charge is 0.261 e. The zero-order chi connectivity index (χ0) is 19.5. The molecule has 0 amide bonds. The highest BCUT2D eigenvalue weighted by Crippen LogP contribution is 2.21.